The molecule has 0 heteroatoms. The normalized spacial score (nSPS) is 10.4. The maximum atomic E-state index is 2.26. The van der Waals surface area contributed by atoms with E-state index in [1.54, 1.807) is 0 Å². The Balaban J connectivity index is 0.000000159. The van der Waals surface area contributed by atoms with Crippen molar-refractivity contribution in [1.82, 2.24) is 0 Å². The third kappa shape index (κ3) is 4.65. The van der Waals surface area contributed by atoms with Crippen LogP contribution in [0, 0.1) is 34.6 Å². The fourth-order valence-electron chi connectivity index (χ4n) is 3.39. The molecule has 0 bridgehead atoms. The molecule has 0 saturated heterocycles. The lowest BCUT2D eigenvalue weighted by atomic mass is 9.95. The SMILES string of the molecule is Cc1ccc(C)c(-c2ccccc2C)c1.Cc1ccc2cc(C)ccc2c1. The van der Waals surface area contributed by atoms with Crippen LogP contribution in [-0.2, 0) is 0 Å². The van der Waals surface area contributed by atoms with E-state index in [0.29, 0.717) is 0 Å². The summed E-state index contributed by atoms with van der Waals surface area (Å²) in [4.78, 5) is 0. The van der Waals surface area contributed by atoms with Gasteiger partial charge in [-0.3, -0.25) is 0 Å². The molecule has 0 heterocycles. The summed E-state index contributed by atoms with van der Waals surface area (Å²) in [6.45, 7) is 10.7. The van der Waals surface area contributed by atoms with Crippen LogP contribution >= 0.6 is 0 Å². The molecule has 0 fully saturated rings. The average Bonchev–Trinajstić information content (AvgIpc) is 2.65. The molecule has 0 aromatic heterocycles. The Morgan fingerprint density at radius 3 is 1.48 bits per heavy atom. The molecule has 0 N–H and O–H groups in total. The van der Waals surface area contributed by atoms with Crippen LogP contribution in [0.25, 0.3) is 21.9 Å². The monoisotopic (exact) mass is 352 g/mol. The van der Waals surface area contributed by atoms with Gasteiger partial charge in [-0.2, -0.15) is 0 Å². The first kappa shape index (κ1) is 18.9. The molecule has 0 aliphatic carbocycles. The summed E-state index contributed by atoms with van der Waals surface area (Å²) in [7, 11) is 0. The van der Waals surface area contributed by atoms with E-state index in [4.69, 9.17) is 0 Å². The van der Waals surface area contributed by atoms with Gasteiger partial charge in [0, 0.05) is 0 Å². The molecule has 4 aromatic carbocycles. The molecule has 0 saturated carbocycles. The summed E-state index contributed by atoms with van der Waals surface area (Å²) >= 11 is 0. The number of hydrogen-bond donors (Lipinski definition) is 0. The first-order chi connectivity index (χ1) is 12.9. The van der Waals surface area contributed by atoms with Crippen molar-refractivity contribution in [3.63, 3.8) is 0 Å². The summed E-state index contributed by atoms with van der Waals surface area (Å²) in [5.41, 5.74) is 9.35. The van der Waals surface area contributed by atoms with E-state index in [1.807, 2.05) is 0 Å². The Kier molecular flexibility index (Phi) is 5.76. The van der Waals surface area contributed by atoms with Gasteiger partial charge in [0.15, 0.2) is 0 Å². The average molecular weight is 353 g/mol. The molecule has 0 aliphatic rings. The van der Waals surface area contributed by atoms with E-state index in [2.05, 4.69) is 113 Å². The zero-order valence-electron chi connectivity index (χ0n) is 17.0. The van der Waals surface area contributed by atoms with E-state index in [0.717, 1.165) is 0 Å². The lowest BCUT2D eigenvalue weighted by Crippen LogP contribution is -1.87. The summed E-state index contributed by atoms with van der Waals surface area (Å²) < 4.78 is 0. The number of hydrogen-bond acceptors (Lipinski definition) is 0. The molecular weight excluding hydrogens is 324 g/mol. The maximum Gasteiger partial charge on any atom is -0.0149 e. The molecule has 136 valence electrons. The van der Waals surface area contributed by atoms with Gasteiger partial charge in [-0.25, -0.2) is 0 Å². The Morgan fingerprint density at radius 1 is 0.407 bits per heavy atom. The van der Waals surface area contributed by atoms with Gasteiger partial charge in [0.1, 0.15) is 0 Å². The highest BCUT2D eigenvalue weighted by atomic mass is 14.1. The molecule has 0 amide bonds. The topological polar surface area (TPSA) is 0 Å². The lowest BCUT2D eigenvalue weighted by Gasteiger charge is -2.09. The van der Waals surface area contributed by atoms with Crippen molar-refractivity contribution in [2.45, 2.75) is 34.6 Å². The quantitative estimate of drug-likeness (QED) is 0.329. The zero-order valence-corrected chi connectivity index (χ0v) is 17.0. The summed E-state index contributed by atoms with van der Waals surface area (Å²) in [5.74, 6) is 0. The van der Waals surface area contributed by atoms with Gasteiger partial charge in [0.25, 0.3) is 0 Å². The van der Waals surface area contributed by atoms with Gasteiger partial charge in [0.2, 0.25) is 0 Å². The first-order valence-electron chi connectivity index (χ1n) is 9.54. The highest BCUT2D eigenvalue weighted by Crippen LogP contribution is 2.27. The number of fused-ring (bicyclic) bond motifs is 1. The van der Waals surface area contributed by atoms with Crippen molar-refractivity contribution in [3.05, 3.63) is 107 Å². The molecule has 0 atom stereocenters. The highest BCUT2D eigenvalue weighted by molar-refractivity contribution is 5.83. The molecule has 4 aromatic rings. The number of rotatable bonds is 1. The minimum Gasteiger partial charge on any atom is -0.0620 e. The second kappa shape index (κ2) is 8.22. The predicted molar refractivity (Wildman–Crippen MR) is 120 cm³/mol. The van der Waals surface area contributed by atoms with Gasteiger partial charge >= 0.3 is 0 Å². The van der Waals surface area contributed by atoms with Crippen LogP contribution in [0.1, 0.15) is 27.8 Å². The van der Waals surface area contributed by atoms with Crippen molar-refractivity contribution < 1.29 is 0 Å². The van der Waals surface area contributed by atoms with Crippen molar-refractivity contribution in [2.75, 3.05) is 0 Å². The van der Waals surface area contributed by atoms with Crippen LogP contribution in [0.2, 0.25) is 0 Å². The second-order valence-electron chi connectivity index (χ2n) is 7.49. The molecule has 0 spiro atoms. The Bertz CT molecular complexity index is 1030. The zero-order chi connectivity index (χ0) is 19.4. The Morgan fingerprint density at radius 2 is 0.889 bits per heavy atom. The number of benzene rings is 4. The Hall–Kier alpha value is -2.86. The minimum absolute atomic E-state index is 1.32. The third-order valence-electron chi connectivity index (χ3n) is 4.98. The van der Waals surface area contributed by atoms with Gasteiger partial charge < -0.3 is 0 Å². The van der Waals surface area contributed by atoms with Crippen molar-refractivity contribution in [2.24, 2.45) is 0 Å². The first-order valence-corrected chi connectivity index (χ1v) is 9.54. The van der Waals surface area contributed by atoms with Crippen LogP contribution in [-0.4, -0.2) is 0 Å². The lowest BCUT2D eigenvalue weighted by molar-refractivity contribution is 1.37. The minimum atomic E-state index is 1.32. The van der Waals surface area contributed by atoms with Crippen LogP contribution in [0.3, 0.4) is 0 Å². The van der Waals surface area contributed by atoms with Crippen LogP contribution in [0.15, 0.2) is 78.9 Å². The molecule has 0 aliphatic heterocycles. The summed E-state index contributed by atoms with van der Waals surface area (Å²) in [5, 5.41) is 2.67. The van der Waals surface area contributed by atoms with E-state index in [1.165, 1.54) is 49.7 Å². The predicted octanol–water partition coefficient (Wildman–Crippen LogP) is 7.74. The molecule has 0 nitrogen and oxygen atoms in total. The van der Waals surface area contributed by atoms with E-state index in [-0.39, 0.29) is 0 Å². The van der Waals surface area contributed by atoms with Crippen molar-refractivity contribution in [1.29, 1.82) is 0 Å². The van der Waals surface area contributed by atoms with E-state index >= 15 is 0 Å². The van der Waals surface area contributed by atoms with Gasteiger partial charge in [-0.05, 0) is 67.6 Å². The third-order valence-corrected chi connectivity index (χ3v) is 4.98. The second-order valence-corrected chi connectivity index (χ2v) is 7.49. The fraction of sp³-hybridized carbons (Fsp3) is 0.185. The fourth-order valence-corrected chi connectivity index (χ4v) is 3.39. The van der Waals surface area contributed by atoms with Crippen LogP contribution in [0.4, 0.5) is 0 Å². The maximum absolute atomic E-state index is 2.26. The van der Waals surface area contributed by atoms with Crippen LogP contribution < -0.4 is 0 Å². The molecule has 0 unspecified atom stereocenters. The standard InChI is InChI=1S/C15H16.C12H12/c1-11-8-9-13(3)15(10-11)14-7-5-4-6-12(14)2;1-9-3-5-12-8-10(2)4-6-11(12)7-9/h4-10H,1-3H3;3-8H,1-2H3. The Labute approximate surface area is 163 Å². The largest absolute Gasteiger partial charge is 0.0620 e. The summed E-state index contributed by atoms with van der Waals surface area (Å²) in [6.07, 6.45) is 0. The number of aryl methyl sites for hydroxylation is 5. The highest BCUT2D eigenvalue weighted by Gasteiger charge is 2.04. The smallest absolute Gasteiger partial charge is 0.0149 e. The van der Waals surface area contributed by atoms with Crippen LogP contribution in [0.5, 0.6) is 0 Å². The molecular formula is C27H28. The molecule has 4 rings (SSSR count). The van der Waals surface area contributed by atoms with E-state index in [9.17, 15) is 0 Å². The van der Waals surface area contributed by atoms with E-state index < -0.39 is 0 Å². The van der Waals surface area contributed by atoms with Gasteiger partial charge in [-0.1, -0.05) is 95.6 Å². The molecule has 0 radical (unpaired) electrons. The summed E-state index contributed by atoms with van der Waals surface area (Å²) in [6, 6.07) is 28.3. The van der Waals surface area contributed by atoms with Crippen molar-refractivity contribution in [3.8, 4) is 11.1 Å². The van der Waals surface area contributed by atoms with Gasteiger partial charge in [-0.15, -0.1) is 0 Å². The van der Waals surface area contributed by atoms with Gasteiger partial charge in [0.05, 0.1) is 0 Å². The molecule has 27 heavy (non-hydrogen) atoms. The van der Waals surface area contributed by atoms with Crippen molar-refractivity contribution >= 4 is 10.8 Å².